The highest BCUT2D eigenvalue weighted by Gasteiger charge is 2.24. The van der Waals surface area contributed by atoms with E-state index in [4.69, 9.17) is 4.74 Å². The first-order chi connectivity index (χ1) is 14.4. The van der Waals surface area contributed by atoms with E-state index >= 15 is 0 Å². The molecule has 0 aliphatic carbocycles. The number of hydrogen-bond donors (Lipinski definition) is 1. The van der Waals surface area contributed by atoms with Gasteiger partial charge >= 0.3 is 0 Å². The highest BCUT2D eigenvalue weighted by atomic mass is 32.2. The van der Waals surface area contributed by atoms with Crippen molar-refractivity contribution in [3.05, 3.63) is 48.3 Å². The highest BCUT2D eigenvalue weighted by Crippen LogP contribution is 2.27. The van der Waals surface area contributed by atoms with E-state index in [0.29, 0.717) is 43.5 Å². The van der Waals surface area contributed by atoms with E-state index in [2.05, 4.69) is 15.4 Å². The van der Waals surface area contributed by atoms with Crippen LogP contribution in [0.15, 0.2) is 47.6 Å². The molecule has 4 rings (SSSR count). The third-order valence-electron chi connectivity index (χ3n) is 4.87. The van der Waals surface area contributed by atoms with Gasteiger partial charge in [0.15, 0.2) is 5.65 Å². The Balaban J connectivity index is 1.76. The molecular weight excluding hydrogens is 408 g/mol. The highest BCUT2D eigenvalue weighted by molar-refractivity contribution is 7.89. The SMILES string of the molecule is CN(C)S(=O)(=O)c1ccc(N2CCOCC2)c(C(=O)Nc2ccnc3ccnn23)c1. The predicted octanol–water partition coefficient (Wildman–Crippen LogP) is 1.07. The summed E-state index contributed by atoms with van der Waals surface area (Å²) in [5.74, 6) is -0.000838. The van der Waals surface area contributed by atoms with Crippen molar-refractivity contribution in [3.63, 3.8) is 0 Å². The lowest BCUT2D eigenvalue weighted by atomic mass is 10.1. The van der Waals surface area contributed by atoms with Gasteiger partial charge in [-0.2, -0.15) is 9.61 Å². The Morgan fingerprint density at radius 3 is 2.63 bits per heavy atom. The first kappa shape index (κ1) is 20.3. The standard InChI is InChI=1S/C19H22N6O4S/c1-23(2)30(27,28)14-3-4-16(24-9-11-29-12-10-24)15(13-14)19(26)22-18-5-7-20-17-6-8-21-25(17)18/h3-8,13H,9-12H2,1-2H3,(H,22,26). The Labute approximate surface area is 174 Å². The summed E-state index contributed by atoms with van der Waals surface area (Å²) in [7, 11) is -0.787. The van der Waals surface area contributed by atoms with Crippen molar-refractivity contribution in [2.24, 2.45) is 0 Å². The number of amides is 1. The molecule has 0 atom stereocenters. The van der Waals surface area contributed by atoms with Crippen molar-refractivity contribution >= 4 is 33.1 Å². The molecule has 11 heteroatoms. The molecule has 0 spiro atoms. The summed E-state index contributed by atoms with van der Waals surface area (Å²) < 4.78 is 33.3. The fraction of sp³-hybridized carbons (Fsp3) is 0.316. The molecule has 0 radical (unpaired) electrons. The maximum atomic E-state index is 13.3. The summed E-state index contributed by atoms with van der Waals surface area (Å²) in [6, 6.07) is 7.96. The van der Waals surface area contributed by atoms with Crippen LogP contribution >= 0.6 is 0 Å². The number of morpholine rings is 1. The van der Waals surface area contributed by atoms with Crippen LogP contribution in [0.25, 0.3) is 5.65 Å². The molecule has 3 heterocycles. The second-order valence-corrected chi connectivity index (χ2v) is 9.10. The summed E-state index contributed by atoms with van der Waals surface area (Å²) in [5, 5.41) is 7.00. The Hall–Kier alpha value is -3.02. The first-order valence-corrected chi connectivity index (χ1v) is 10.8. The number of carbonyl (C=O) groups excluding carboxylic acids is 1. The summed E-state index contributed by atoms with van der Waals surface area (Å²) in [4.78, 5) is 19.5. The predicted molar refractivity (Wildman–Crippen MR) is 111 cm³/mol. The molecule has 0 unspecified atom stereocenters. The number of sulfonamides is 1. The number of fused-ring (bicyclic) bond motifs is 1. The molecule has 1 N–H and O–H groups in total. The number of carbonyl (C=O) groups is 1. The summed E-state index contributed by atoms with van der Waals surface area (Å²) in [6.07, 6.45) is 3.16. The molecule has 3 aromatic rings. The molecule has 30 heavy (non-hydrogen) atoms. The molecule has 0 saturated carbocycles. The zero-order valence-corrected chi connectivity index (χ0v) is 17.5. The van der Waals surface area contributed by atoms with E-state index in [1.54, 1.807) is 30.6 Å². The molecule has 158 valence electrons. The van der Waals surface area contributed by atoms with Crippen LogP contribution in [-0.4, -0.2) is 73.6 Å². The van der Waals surface area contributed by atoms with Crippen molar-refractivity contribution in [2.75, 3.05) is 50.6 Å². The number of rotatable bonds is 5. The van der Waals surface area contributed by atoms with Gasteiger partial charge in [-0.05, 0) is 24.3 Å². The number of nitrogens with one attached hydrogen (secondary N) is 1. The average Bonchev–Trinajstić information content (AvgIpc) is 3.24. The molecule has 1 saturated heterocycles. The molecule has 1 aromatic carbocycles. The minimum atomic E-state index is -3.70. The van der Waals surface area contributed by atoms with Crippen molar-refractivity contribution in [3.8, 4) is 0 Å². The maximum absolute atomic E-state index is 13.3. The molecular formula is C19H22N6O4S. The van der Waals surface area contributed by atoms with Gasteiger partial charge in [0.25, 0.3) is 5.91 Å². The first-order valence-electron chi connectivity index (χ1n) is 9.37. The quantitative estimate of drug-likeness (QED) is 0.645. The molecule has 1 aliphatic rings. The fourth-order valence-electron chi connectivity index (χ4n) is 3.26. The van der Waals surface area contributed by atoms with E-state index in [1.807, 2.05) is 4.90 Å². The third kappa shape index (κ3) is 3.74. The number of hydrogen-bond acceptors (Lipinski definition) is 7. The van der Waals surface area contributed by atoms with Gasteiger partial charge in [-0.3, -0.25) is 4.79 Å². The monoisotopic (exact) mass is 430 g/mol. The van der Waals surface area contributed by atoms with E-state index in [0.717, 1.165) is 4.31 Å². The molecule has 10 nitrogen and oxygen atoms in total. The van der Waals surface area contributed by atoms with Crippen LogP contribution < -0.4 is 10.2 Å². The van der Waals surface area contributed by atoms with Gasteiger partial charge in [-0.15, -0.1) is 0 Å². The topological polar surface area (TPSA) is 109 Å². The van der Waals surface area contributed by atoms with Crippen LogP contribution in [0.4, 0.5) is 11.5 Å². The Bertz CT molecular complexity index is 1180. The Kier molecular flexibility index (Phi) is 5.41. The van der Waals surface area contributed by atoms with E-state index in [-0.39, 0.29) is 10.5 Å². The number of aromatic nitrogens is 3. The molecule has 1 fully saturated rings. The smallest absolute Gasteiger partial charge is 0.258 e. The molecule has 0 bridgehead atoms. The van der Waals surface area contributed by atoms with Crippen molar-refractivity contribution in [1.29, 1.82) is 0 Å². The van der Waals surface area contributed by atoms with E-state index < -0.39 is 15.9 Å². The second-order valence-electron chi connectivity index (χ2n) is 6.95. The normalized spacial score (nSPS) is 15.0. The van der Waals surface area contributed by atoms with Crippen LogP contribution in [-0.2, 0) is 14.8 Å². The number of anilines is 2. The summed E-state index contributed by atoms with van der Waals surface area (Å²) >= 11 is 0. The summed E-state index contributed by atoms with van der Waals surface area (Å²) in [6.45, 7) is 2.30. The van der Waals surface area contributed by atoms with Gasteiger partial charge in [0.05, 0.1) is 29.9 Å². The van der Waals surface area contributed by atoms with Crippen LogP contribution in [0.3, 0.4) is 0 Å². The molecule has 1 aliphatic heterocycles. The van der Waals surface area contributed by atoms with Crippen LogP contribution in [0, 0.1) is 0 Å². The van der Waals surface area contributed by atoms with Crippen LogP contribution in [0.5, 0.6) is 0 Å². The number of benzene rings is 1. The minimum Gasteiger partial charge on any atom is -0.378 e. The average molecular weight is 430 g/mol. The van der Waals surface area contributed by atoms with Gasteiger partial charge in [-0.1, -0.05) is 0 Å². The molecule has 1 amide bonds. The Morgan fingerprint density at radius 1 is 1.13 bits per heavy atom. The van der Waals surface area contributed by atoms with Crippen LogP contribution in [0.2, 0.25) is 0 Å². The van der Waals surface area contributed by atoms with Gasteiger partial charge in [0.2, 0.25) is 10.0 Å². The van der Waals surface area contributed by atoms with Crippen molar-refractivity contribution in [2.45, 2.75) is 4.90 Å². The Morgan fingerprint density at radius 2 is 1.90 bits per heavy atom. The lowest BCUT2D eigenvalue weighted by molar-refractivity contribution is 0.102. The maximum Gasteiger partial charge on any atom is 0.258 e. The fourth-order valence-corrected chi connectivity index (χ4v) is 4.19. The van der Waals surface area contributed by atoms with Gasteiger partial charge < -0.3 is 15.0 Å². The zero-order chi connectivity index (χ0) is 21.3. The third-order valence-corrected chi connectivity index (χ3v) is 6.69. The second kappa shape index (κ2) is 8.01. The van der Waals surface area contributed by atoms with E-state index in [9.17, 15) is 13.2 Å². The molecule has 2 aromatic heterocycles. The van der Waals surface area contributed by atoms with Gasteiger partial charge in [0, 0.05) is 45.1 Å². The van der Waals surface area contributed by atoms with Gasteiger partial charge in [-0.25, -0.2) is 17.7 Å². The number of nitrogens with zero attached hydrogens (tertiary/aromatic N) is 5. The van der Waals surface area contributed by atoms with Crippen molar-refractivity contribution in [1.82, 2.24) is 18.9 Å². The van der Waals surface area contributed by atoms with E-state index in [1.165, 1.54) is 30.7 Å². The van der Waals surface area contributed by atoms with Crippen LogP contribution in [0.1, 0.15) is 10.4 Å². The lowest BCUT2D eigenvalue weighted by Crippen LogP contribution is -2.37. The van der Waals surface area contributed by atoms with Crippen molar-refractivity contribution < 1.29 is 17.9 Å². The zero-order valence-electron chi connectivity index (χ0n) is 16.6. The minimum absolute atomic E-state index is 0.0497. The van der Waals surface area contributed by atoms with Gasteiger partial charge in [0.1, 0.15) is 5.82 Å². The number of ether oxygens (including phenoxy) is 1. The summed E-state index contributed by atoms with van der Waals surface area (Å²) in [5.41, 5.74) is 1.50. The largest absolute Gasteiger partial charge is 0.378 e. The lowest BCUT2D eigenvalue weighted by Gasteiger charge is -2.30.